The van der Waals surface area contributed by atoms with Crippen molar-refractivity contribution in [2.45, 2.75) is 58.0 Å². The van der Waals surface area contributed by atoms with Gasteiger partial charge in [-0.15, -0.1) is 0 Å². The number of aliphatic hydroxyl groups is 1. The number of benzene rings is 2. The van der Waals surface area contributed by atoms with Gasteiger partial charge in [0.15, 0.2) is 0 Å². The van der Waals surface area contributed by atoms with Crippen molar-refractivity contribution in [3.8, 4) is 5.75 Å². The van der Waals surface area contributed by atoms with Crippen LogP contribution < -0.4 is 4.74 Å². The summed E-state index contributed by atoms with van der Waals surface area (Å²) in [5, 5.41) is 11.8. The minimum atomic E-state index is -0.641. The average Bonchev–Trinajstić information content (AvgIpc) is 3.09. The Balaban J connectivity index is 1.75. The molecule has 1 unspecified atom stereocenters. The molecule has 1 aliphatic heterocycles. The number of hydrogen-bond acceptors (Lipinski definition) is 4. The van der Waals surface area contributed by atoms with Crippen molar-refractivity contribution in [2.75, 3.05) is 6.61 Å². The fraction of sp³-hybridized carbons (Fsp3) is 0.407. The Morgan fingerprint density at radius 3 is 2.27 bits per heavy atom. The van der Waals surface area contributed by atoms with E-state index in [0.717, 1.165) is 37.7 Å². The maximum atomic E-state index is 13.2. The molecule has 0 spiro atoms. The number of Topliss-reactive ketones (excluding diaryl/α,β-unsaturated/α-hetero) is 1. The van der Waals surface area contributed by atoms with Gasteiger partial charge in [0.1, 0.15) is 11.5 Å². The van der Waals surface area contributed by atoms with Crippen molar-refractivity contribution in [3.63, 3.8) is 0 Å². The Kier molecular flexibility index (Phi) is 7.08. The van der Waals surface area contributed by atoms with Crippen LogP contribution in [-0.2, 0) is 9.59 Å². The molecule has 1 N–H and O–H groups in total. The normalized spacial score (nSPS) is 21.1. The van der Waals surface area contributed by atoms with Gasteiger partial charge in [-0.2, -0.15) is 0 Å². The molecular formula is C27H30ClNO4. The van der Waals surface area contributed by atoms with Crippen molar-refractivity contribution < 1.29 is 19.4 Å². The predicted octanol–water partition coefficient (Wildman–Crippen LogP) is 6.13. The third kappa shape index (κ3) is 4.93. The number of halogens is 1. The minimum absolute atomic E-state index is 0.0204. The topological polar surface area (TPSA) is 66.8 Å². The van der Waals surface area contributed by atoms with Crippen molar-refractivity contribution in [3.05, 3.63) is 70.3 Å². The second kappa shape index (κ2) is 10.0. The van der Waals surface area contributed by atoms with Crippen LogP contribution in [0.2, 0.25) is 5.02 Å². The number of likely N-dealkylation sites (tertiary alicyclic amines) is 1. The highest BCUT2D eigenvalue weighted by atomic mass is 35.5. The Morgan fingerprint density at radius 2 is 1.67 bits per heavy atom. The number of rotatable bonds is 6. The number of ketones is 1. The summed E-state index contributed by atoms with van der Waals surface area (Å²) < 4.78 is 5.72. The highest BCUT2D eigenvalue weighted by Crippen LogP contribution is 2.43. The lowest BCUT2D eigenvalue weighted by molar-refractivity contribution is -0.141. The molecule has 0 radical (unpaired) electrons. The van der Waals surface area contributed by atoms with Gasteiger partial charge in [0.2, 0.25) is 0 Å². The van der Waals surface area contributed by atoms with E-state index in [1.807, 2.05) is 12.1 Å². The van der Waals surface area contributed by atoms with Gasteiger partial charge in [0, 0.05) is 16.6 Å². The fourth-order valence-electron chi connectivity index (χ4n) is 4.69. The summed E-state index contributed by atoms with van der Waals surface area (Å²) in [4.78, 5) is 28.1. The highest BCUT2D eigenvalue weighted by Gasteiger charge is 2.48. The van der Waals surface area contributed by atoms with E-state index in [9.17, 15) is 14.7 Å². The largest absolute Gasteiger partial charge is 0.507 e. The molecule has 1 aliphatic carbocycles. The molecule has 4 rings (SSSR count). The van der Waals surface area contributed by atoms with Crippen LogP contribution in [0.25, 0.3) is 5.76 Å². The first kappa shape index (κ1) is 23.4. The Labute approximate surface area is 200 Å². The van der Waals surface area contributed by atoms with Crippen LogP contribution in [0.1, 0.15) is 63.1 Å². The van der Waals surface area contributed by atoms with Gasteiger partial charge in [-0.25, -0.2) is 0 Å². The van der Waals surface area contributed by atoms with Gasteiger partial charge in [0.25, 0.3) is 11.7 Å². The number of carbonyl (C=O) groups is 2. The molecule has 0 bridgehead atoms. The number of carbonyl (C=O) groups excluding carboxylic acids is 2. The lowest BCUT2D eigenvalue weighted by Crippen LogP contribution is -2.40. The van der Waals surface area contributed by atoms with E-state index in [0.29, 0.717) is 28.9 Å². The summed E-state index contributed by atoms with van der Waals surface area (Å²) in [5.41, 5.74) is 1.37. The van der Waals surface area contributed by atoms with Crippen molar-refractivity contribution in [2.24, 2.45) is 5.92 Å². The third-order valence-corrected chi connectivity index (χ3v) is 6.60. The molecule has 2 aliphatic rings. The van der Waals surface area contributed by atoms with Crippen LogP contribution >= 0.6 is 11.6 Å². The molecule has 5 nitrogen and oxygen atoms in total. The summed E-state index contributed by atoms with van der Waals surface area (Å²) in [6.07, 6.45) is 4.91. The van der Waals surface area contributed by atoms with Gasteiger partial charge in [-0.1, -0.05) is 56.8 Å². The van der Waals surface area contributed by atoms with E-state index >= 15 is 0 Å². The molecular weight excluding hydrogens is 438 g/mol. The average molecular weight is 468 g/mol. The smallest absolute Gasteiger partial charge is 0.295 e. The summed E-state index contributed by atoms with van der Waals surface area (Å²) >= 11 is 6.09. The van der Waals surface area contributed by atoms with E-state index in [2.05, 4.69) is 13.8 Å². The van der Waals surface area contributed by atoms with E-state index in [1.165, 1.54) is 0 Å². The quantitative estimate of drug-likeness (QED) is 0.315. The van der Waals surface area contributed by atoms with Gasteiger partial charge in [-0.05, 0) is 60.7 Å². The molecule has 2 aromatic rings. The zero-order valence-corrected chi connectivity index (χ0v) is 19.8. The molecule has 1 saturated carbocycles. The predicted molar refractivity (Wildman–Crippen MR) is 129 cm³/mol. The summed E-state index contributed by atoms with van der Waals surface area (Å²) in [6, 6.07) is 13.5. The molecule has 2 aromatic carbocycles. The SMILES string of the molecule is CC(C)COc1ccc(/C(O)=C2/C(=O)C(=O)N(C3CCCCC3)C2c2ccc(Cl)cc2)cc1. The van der Waals surface area contributed by atoms with Crippen molar-refractivity contribution in [1.82, 2.24) is 4.90 Å². The molecule has 1 amide bonds. The third-order valence-electron chi connectivity index (χ3n) is 6.35. The minimum Gasteiger partial charge on any atom is -0.507 e. The first-order chi connectivity index (χ1) is 15.9. The number of aliphatic hydroxyl groups excluding tert-OH is 1. The number of ether oxygens (including phenoxy) is 1. The van der Waals surface area contributed by atoms with Crippen LogP contribution in [0.15, 0.2) is 54.1 Å². The van der Waals surface area contributed by atoms with Crippen LogP contribution in [0, 0.1) is 5.92 Å². The Morgan fingerprint density at radius 1 is 1.03 bits per heavy atom. The van der Waals surface area contributed by atoms with E-state index in [-0.39, 0.29) is 17.4 Å². The summed E-state index contributed by atoms with van der Waals surface area (Å²) in [6.45, 7) is 4.74. The fourth-order valence-corrected chi connectivity index (χ4v) is 4.81. The zero-order valence-electron chi connectivity index (χ0n) is 19.1. The number of hydrogen-bond donors (Lipinski definition) is 1. The summed E-state index contributed by atoms with van der Waals surface area (Å²) in [5.74, 6) is -0.258. The van der Waals surface area contributed by atoms with Gasteiger partial charge in [-0.3, -0.25) is 9.59 Å². The Hall–Kier alpha value is -2.79. The molecule has 0 aromatic heterocycles. The maximum Gasteiger partial charge on any atom is 0.295 e. The molecule has 33 heavy (non-hydrogen) atoms. The van der Waals surface area contributed by atoms with E-state index < -0.39 is 17.7 Å². The highest BCUT2D eigenvalue weighted by molar-refractivity contribution is 6.46. The molecule has 1 atom stereocenters. The number of nitrogens with zero attached hydrogens (tertiary/aromatic N) is 1. The Bertz CT molecular complexity index is 1040. The molecule has 1 saturated heterocycles. The standard InChI is InChI=1S/C27H30ClNO4/c1-17(2)16-33-22-14-10-19(11-15-22)25(30)23-24(18-8-12-20(28)13-9-18)29(27(32)26(23)31)21-6-4-3-5-7-21/h8-15,17,21,24,30H,3-7,16H2,1-2H3/b25-23-. The maximum absolute atomic E-state index is 13.2. The van der Waals surface area contributed by atoms with Crippen LogP contribution in [-0.4, -0.2) is 34.3 Å². The second-order valence-electron chi connectivity index (χ2n) is 9.28. The molecule has 1 heterocycles. The van der Waals surface area contributed by atoms with E-state index in [1.54, 1.807) is 41.3 Å². The van der Waals surface area contributed by atoms with E-state index in [4.69, 9.17) is 16.3 Å². The van der Waals surface area contributed by atoms with Crippen molar-refractivity contribution >= 4 is 29.1 Å². The monoisotopic (exact) mass is 467 g/mol. The zero-order chi connectivity index (χ0) is 23.5. The number of amides is 1. The van der Waals surface area contributed by atoms with Crippen molar-refractivity contribution in [1.29, 1.82) is 0 Å². The molecule has 6 heteroatoms. The second-order valence-corrected chi connectivity index (χ2v) is 9.72. The van der Waals surface area contributed by atoms with Gasteiger partial charge >= 0.3 is 0 Å². The first-order valence-corrected chi connectivity index (χ1v) is 12.0. The lowest BCUT2D eigenvalue weighted by atomic mass is 9.91. The molecule has 174 valence electrons. The molecule has 2 fully saturated rings. The lowest BCUT2D eigenvalue weighted by Gasteiger charge is -2.35. The van der Waals surface area contributed by atoms with Crippen LogP contribution in [0.4, 0.5) is 0 Å². The van der Waals surface area contributed by atoms with Gasteiger partial charge in [0.05, 0.1) is 18.2 Å². The van der Waals surface area contributed by atoms with Crippen LogP contribution in [0.3, 0.4) is 0 Å². The first-order valence-electron chi connectivity index (χ1n) is 11.7. The van der Waals surface area contributed by atoms with Gasteiger partial charge < -0.3 is 14.7 Å². The summed E-state index contributed by atoms with van der Waals surface area (Å²) in [7, 11) is 0. The van der Waals surface area contributed by atoms with Crippen LogP contribution in [0.5, 0.6) is 5.75 Å².